The molecule has 4 rings (SSSR count). The lowest BCUT2D eigenvalue weighted by atomic mass is 10.1. The third-order valence-electron chi connectivity index (χ3n) is 5.73. The van der Waals surface area contributed by atoms with Crippen LogP contribution in [0.3, 0.4) is 0 Å². The van der Waals surface area contributed by atoms with E-state index in [9.17, 15) is 9.59 Å². The molecule has 32 heavy (non-hydrogen) atoms. The van der Waals surface area contributed by atoms with E-state index in [1.54, 1.807) is 13.0 Å². The van der Waals surface area contributed by atoms with Crippen molar-refractivity contribution >= 4 is 40.2 Å². The first-order valence-corrected chi connectivity index (χ1v) is 10.8. The van der Waals surface area contributed by atoms with E-state index in [4.69, 9.17) is 4.42 Å². The van der Waals surface area contributed by atoms with E-state index in [-0.39, 0.29) is 11.7 Å². The summed E-state index contributed by atoms with van der Waals surface area (Å²) in [7, 11) is 0. The van der Waals surface area contributed by atoms with Gasteiger partial charge in [-0.05, 0) is 74.7 Å². The fourth-order valence-electron chi connectivity index (χ4n) is 3.81. The SMILES string of the molecule is CC(=O)CNC1CCN(c2ccc(NC(=O)/C=C/c3nc4cc(C)c(C)cc4o3)cc2)C1. The van der Waals surface area contributed by atoms with Crippen LogP contribution in [0.1, 0.15) is 30.4 Å². The van der Waals surface area contributed by atoms with Gasteiger partial charge >= 0.3 is 0 Å². The number of oxazole rings is 1. The molecule has 1 saturated heterocycles. The van der Waals surface area contributed by atoms with E-state index < -0.39 is 0 Å². The van der Waals surface area contributed by atoms with Crippen molar-refractivity contribution < 1.29 is 14.0 Å². The van der Waals surface area contributed by atoms with E-state index in [1.165, 1.54) is 6.08 Å². The van der Waals surface area contributed by atoms with Crippen LogP contribution in [0.5, 0.6) is 0 Å². The highest BCUT2D eigenvalue weighted by atomic mass is 16.3. The van der Waals surface area contributed by atoms with Crippen LogP contribution < -0.4 is 15.5 Å². The van der Waals surface area contributed by atoms with Crippen LogP contribution in [-0.2, 0) is 9.59 Å². The number of hydrogen-bond donors (Lipinski definition) is 2. The van der Waals surface area contributed by atoms with Gasteiger partial charge in [-0.2, -0.15) is 0 Å². The van der Waals surface area contributed by atoms with E-state index in [0.29, 0.717) is 24.1 Å². The second-order valence-corrected chi connectivity index (χ2v) is 8.34. The monoisotopic (exact) mass is 432 g/mol. The number of nitrogens with zero attached hydrogens (tertiary/aromatic N) is 2. The minimum Gasteiger partial charge on any atom is -0.437 e. The average molecular weight is 433 g/mol. The summed E-state index contributed by atoms with van der Waals surface area (Å²) in [4.78, 5) is 30.1. The van der Waals surface area contributed by atoms with Crippen LogP contribution in [0.2, 0.25) is 0 Å². The Kier molecular flexibility index (Phi) is 6.37. The number of hydrogen-bond acceptors (Lipinski definition) is 6. The topological polar surface area (TPSA) is 87.5 Å². The molecule has 7 nitrogen and oxygen atoms in total. The molecule has 1 aliphatic rings. The number of ketones is 1. The first-order chi connectivity index (χ1) is 15.4. The molecular weight excluding hydrogens is 404 g/mol. The second-order valence-electron chi connectivity index (χ2n) is 8.34. The highest BCUT2D eigenvalue weighted by molar-refractivity contribution is 6.01. The molecule has 0 bridgehead atoms. The maximum Gasteiger partial charge on any atom is 0.248 e. The Labute approximate surface area is 187 Å². The van der Waals surface area contributed by atoms with Gasteiger partial charge in [-0.25, -0.2) is 4.98 Å². The predicted molar refractivity (Wildman–Crippen MR) is 127 cm³/mol. The Bertz CT molecular complexity index is 1120. The molecule has 1 aromatic heterocycles. The van der Waals surface area contributed by atoms with Gasteiger partial charge in [0.2, 0.25) is 11.8 Å². The molecule has 1 unspecified atom stereocenters. The van der Waals surface area contributed by atoms with E-state index in [2.05, 4.69) is 20.5 Å². The number of amides is 1. The molecule has 0 saturated carbocycles. The summed E-state index contributed by atoms with van der Waals surface area (Å²) >= 11 is 0. The Morgan fingerprint density at radius 3 is 2.69 bits per heavy atom. The van der Waals surface area contributed by atoms with Crippen LogP contribution >= 0.6 is 0 Å². The highest BCUT2D eigenvalue weighted by Gasteiger charge is 2.22. The standard InChI is InChI=1S/C25H28N4O3/c1-16-12-22-23(13-17(16)2)32-25(28-22)9-8-24(31)27-19-4-6-21(7-5-19)29-11-10-20(15-29)26-14-18(3)30/h4-9,12-13,20,26H,10-11,14-15H2,1-3H3,(H,27,31)/b9-8+. The number of carbonyl (C=O) groups excluding carboxylic acids is 2. The lowest BCUT2D eigenvalue weighted by Gasteiger charge is -2.19. The van der Waals surface area contributed by atoms with Crippen LogP contribution in [0.4, 0.5) is 11.4 Å². The Balaban J connectivity index is 1.32. The van der Waals surface area contributed by atoms with Crippen LogP contribution in [0.25, 0.3) is 17.2 Å². The summed E-state index contributed by atoms with van der Waals surface area (Å²) in [6, 6.07) is 12.0. The smallest absolute Gasteiger partial charge is 0.248 e. The van der Waals surface area contributed by atoms with Gasteiger partial charge in [-0.15, -0.1) is 0 Å². The molecule has 1 atom stereocenters. The lowest BCUT2D eigenvalue weighted by Crippen LogP contribution is -2.35. The normalized spacial score (nSPS) is 16.2. The van der Waals surface area contributed by atoms with Gasteiger partial charge in [0.25, 0.3) is 0 Å². The summed E-state index contributed by atoms with van der Waals surface area (Å²) in [5.74, 6) is 0.304. The van der Waals surface area contributed by atoms with Crippen LogP contribution in [0, 0.1) is 13.8 Å². The Morgan fingerprint density at radius 2 is 1.94 bits per heavy atom. The Hall–Kier alpha value is -3.45. The summed E-state index contributed by atoms with van der Waals surface area (Å²) in [5.41, 5.74) is 5.61. The molecule has 0 spiro atoms. The zero-order valence-electron chi connectivity index (χ0n) is 18.6. The lowest BCUT2D eigenvalue weighted by molar-refractivity contribution is -0.116. The summed E-state index contributed by atoms with van der Waals surface area (Å²) in [5, 5.41) is 6.15. The number of benzene rings is 2. The van der Waals surface area contributed by atoms with Crippen molar-refractivity contribution in [3.63, 3.8) is 0 Å². The maximum absolute atomic E-state index is 12.3. The third-order valence-corrected chi connectivity index (χ3v) is 5.73. The van der Waals surface area contributed by atoms with Crippen molar-refractivity contribution in [1.29, 1.82) is 0 Å². The Morgan fingerprint density at radius 1 is 1.19 bits per heavy atom. The fourth-order valence-corrected chi connectivity index (χ4v) is 3.81. The van der Waals surface area contributed by atoms with Gasteiger partial charge in [0, 0.05) is 42.7 Å². The molecule has 0 aliphatic carbocycles. The van der Waals surface area contributed by atoms with Gasteiger partial charge in [0.1, 0.15) is 11.3 Å². The van der Waals surface area contributed by atoms with Crippen molar-refractivity contribution in [2.45, 2.75) is 33.2 Å². The maximum atomic E-state index is 12.3. The molecule has 166 valence electrons. The van der Waals surface area contributed by atoms with Crippen molar-refractivity contribution in [2.75, 3.05) is 29.9 Å². The quantitative estimate of drug-likeness (QED) is 0.552. The highest BCUT2D eigenvalue weighted by Crippen LogP contribution is 2.23. The summed E-state index contributed by atoms with van der Waals surface area (Å²) < 4.78 is 5.71. The first-order valence-electron chi connectivity index (χ1n) is 10.8. The number of rotatable bonds is 7. The van der Waals surface area contributed by atoms with Crippen LogP contribution in [-0.4, -0.2) is 42.4 Å². The molecule has 2 aromatic carbocycles. The average Bonchev–Trinajstić information content (AvgIpc) is 3.38. The molecule has 7 heteroatoms. The number of Topliss-reactive ketones (excluding diaryl/α,β-unsaturated/α-hetero) is 1. The predicted octanol–water partition coefficient (Wildman–Crippen LogP) is 3.85. The zero-order chi connectivity index (χ0) is 22.7. The van der Waals surface area contributed by atoms with Crippen molar-refractivity contribution in [1.82, 2.24) is 10.3 Å². The molecule has 1 aliphatic heterocycles. The van der Waals surface area contributed by atoms with E-state index in [1.807, 2.05) is 50.2 Å². The van der Waals surface area contributed by atoms with Gasteiger partial charge in [0.15, 0.2) is 5.58 Å². The fraction of sp³-hybridized carbons (Fsp3) is 0.320. The third kappa shape index (κ3) is 5.23. The van der Waals surface area contributed by atoms with Gasteiger partial charge in [0.05, 0.1) is 6.54 Å². The molecule has 0 radical (unpaired) electrons. The van der Waals surface area contributed by atoms with Crippen LogP contribution in [0.15, 0.2) is 46.9 Å². The molecule has 2 N–H and O–H groups in total. The number of nitrogens with one attached hydrogen (secondary N) is 2. The minimum atomic E-state index is -0.248. The summed E-state index contributed by atoms with van der Waals surface area (Å²) in [6.07, 6.45) is 4.00. The largest absolute Gasteiger partial charge is 0.437 e. The molecule has 3 aromatic rings. The summed E-state index contributed by atoms with van der Waals surface area (Å²) in [6.45, 7) is 7.87. The zero-order valence-corrected chi connectivity index (χ0v) is 18.6. The van der Waals surface area contributed by atoms with Gasteiger partial charge in [-0.3, -0.25) is 9.59 Å². The number of aryl methyl sites for hydroxylation is 2. The van der Waals surface area contributed by atoms with E-state index >= 15 is 0 Å². The number of fused-ring (bicyclic) bond motifs is 1. The van der Waals surface area contributed by atoms with E-state index in [0.717, 1.165) is 47.5 Å². The molecule has 1 fully saturated rings. The minimum absolute atomic E-state index is 0.152. The van der Waals surface area contributed by atoms with Gasteiger partial charge < -0.3 is 20.0 Å². The van der Waals surface area contributed by atoms with Crippen molar-refractivity contribution in [3.8, 4) is 0 Å². The first kappa shape index (κ1) is 21.8. The molecule has 1 amide bonds. The van der Waals surface area contributed by atoms with Crippen molar-refractivity contribution in [2.24, 2.45) is 0 Å². The molecule has 2 heterocycles. The number of carbonyl (C=O) groups is 2. The second kappa shape index (κ2) is 9.36. The van der Waals surface area contributed by atoms with Crippen molar-refractivity contribution in [3.05, 3.63) is 59.5 Å². The molecular formula is C25H28N4O3. The van der Waals surface area contributed by atoms with Gasteiger partial charge in [-0.1, -0.05) is 0 Å². The number of aromatic nitrogens is 1. The number of anilines is 2.